The fourth-order valence-corrected chi connectivity index (χ4v) is 3.89. The van der Waals surface area contributed by atoms with E-state index >= 15 is 0 Å². The van der Waals surface area contributed by atoms with Crippen LogP contribution in [-0.2, 0) is 9.59 Å². The smallest absolute Gasteiger partial charge is 0.307 e. The van der Waals surface area contributed by atoms with E-state index in [4.69, 9.17) is 0 Å². The van der Waals surface area contributed by atoms with E-state index in [2.05, 4.69) is 24.1 Å². The second-order valence-electron chi connectivity index (χ2n) is 6.37. The Kier molecular flexibility index (Phi) is 4.66. The summed E-state index contributed by atoms with van der Waals surface area (Å²) in [5.41, 5.74) is 1.61. The van der Waals surface area contributed by atoms with Gasteiger partial charge in [0.2, 0.25) is 5.91 Å². The molecule has 1 amide bonds. The van der Waals surface area contributed by atoms with Crippen molar-refractivity contribution in [3.8, 4) is 0 Å². The van der Waals surface area contributed by atoms with Crippen LogP contribution in [0.15, 0.2) is 30.4 Å². The van der Waals surface area contributed by atoms with E-state index in [1.165, 1.54) is 0 Å². The molecule has 2 atom stereocenters. The van der Waals surface area contributed by atoms with E-state index in [1.807, 2.05) is 30.4 Å². The molecule has 2 aromatic rings. The number of carboxylic acid groups (broad SMARTS) is 1. The average molecular weight is 344 g/mol. The van der Waals surface area contributed by atoms with Crippen molar-refractivity contribution in [1.29, 1.82) is 0 Å². The maximum Gasteiger partial charge on any atom is 0.307 e. The van der Waals surface area contributed by atoms with Crippen LogP contribution in [-0.4, -0.2) is 22.0 Å². The minimum atomic E-state index is -0.918. The number of anilines is 1. The number of carboxylic acids is 1. The standard InChI is InChI=1S/C18H20N2O3S/c1-10(2)17-20-14-8-7-11(9-15(14)24-17)19-16(21)12-5-3-4-6-13(12)18(22)23/h3-4,7-10,12-13H,5-6H2,1-2H3,(H,19,21)(H,22,23)/t12-,13+/m1/s1. The summed E-state index contributed by atoms with van der Waals surface area (Å²) >= 11 is 1.62. The van der Waals surface area contributed by atoms with Crippen LogP contribution in [0.3, 0.4) is 0 Å². The van der Waals surface area contributed by atoms with Crippen molar-refractivity contribution in [2.45, 2.75) is 32.6 Å². The van der Waals surface area contributed by atoms with Crippen LogP contribution in [0.5, 0.6) is 0 Å². The third-order valence-corrected chi connectivity index (χ3v) is 5.57. The predicted octanol–water partition coefficient (Wildman–Crippen LogP) is 4.03. The molecule has 0 fully saturated rings. The first-order valence-corrected chi connectivity index (χ1v) is 8.86. The highest BCUT2D eigenvalue weighted by Gasteiger charge is 2.33. The van der Waals surface area contributed by atoms with Crippen LogP contribution < -0.4 is 5.32 Å². The summed E-state index contributed by atoms with van der Waals surface area (Å²) in [7, 11) is 0. The minimum absolute atomic E-state index is 0.236. The summed E-state index contributed by atoms with van der Waals surface area (Å²) in [6, 6.07) is 5.62. The number of allylic oxidation sites excluding steroid dienone is 2. The number of aliphatic carboxylic acids is 1. The zero-order chi connectivity index (χ0) is 17.3. The number of thiazole rings is 1. The Morgan fingerprint density at radius 3 is 2.62 bits per heavy atom. The third-order valence-electron chi connectivity index (χ3n) is 4.25. The lowest BCUT2D eigenvalue weighted by Gasteiger charge is -2.24. The molecule has 6 heteroatoms. The van der Waals surface area contributed by atoms with Crippen molar-refractivity contribution in [3.63, 3.8) is 0 Å². The number of aromatic nitrogens is 1. The first-order chi connectivity index (χ1) is 11.5. The fraction of sp³-hybridized carbons (Fsp3) is 0.389. The molecule has 126 valence electrons. The highest BCUT2D eigenvalue weighted by atomic mass is 32.1. The van der Waals surface area contributed by atoms with Gasteiger partial charge < -0.3 is 10.4 Å². The van der Waals surface area contributed by atoms with Crippen molar-refractivity contribution >= 4 is 39.1 Å². The van der Waals surface area contributed by atoms with Gasteiger partial charge in [0.15, 0.2) is 0 Å². The number of hydrogen-bond donors (Lipinski definition) is 2. The van der Waals surface area contributed by atoms with Crippen molar-refractivity contribution in [1.82, 2.24) is 4.98 Å². The summed E-state index contributed by atoms with van der Waals surface area (Å²) in [5.74, 6) is -1.98. The topological polar surface area (TPSA) is 79.3 Å². The van der Waals surface area contributed by atoms with Crippen LogP contribution in [0.2, 0.25) is 0 Å². The average Bonchev–Trinajstić information content (AvgIpc) is 2.98. The summed E-state index contributed by atoms with van der Waals surface area (Å²) in [6.45, 7) is 4.20. The number of fused-ring (bicyclic) bond motifs is 1. The second-order valence-corrected chi connectivity index (χ2v) is 7.43. The van der Waals surface area contributed by atoms with Gasteiger partial charge in [-0.1, -0.05) is 26.0 Å². The normalized spacial score (nSPS) is 20.5. The van der Waals surface area contributed by atoms with Gasteiger partial charge in [0, 0.05) is 11.6 Å². The Morgan fingerprint density at radius 1 is 1.25 bits per heavy atom. The SMILES string of the molecule is CC(C)c1nc2ccc(NC(=O)[C@@H]3CC=CC[C@@H]3C(=O)O)cc2s1. The lowest BCUT2D eigenvalue weighted by molar-refractivity contribution is -0.146. The van der Waals surface area contributed by atoms with E-state index in [9.17, 15) is 14.7 Å². The summed E-state index contributed by atoms with van der Waals surface area (Å²) < 4.78 is 1.02. The van der Waals surface area contributed by atoms with E-state index in [-0.39, 0.29) is 5.91 Å². The molecule has 2 N–H and O–H groups in total. The summed E-state index contributed by atoms with van der Waals surface area (Å²) in [4.78, 5) is 28.4. The maximum absolute atomic E-state index is 12.5. The van der Waals surface area contributed by atoms with E-state index in [1.54, 1.807) is 11.3 Å². The van der Waals surface area contributed by atoms with Gasteiger partial charge >= 0.3 is 5.97 Å². The lowest BCUT2D eigenvalue weighted by Crippen LogP contribution is -2.34. The van der Waals surface area contributed by atoms with Gasteiger partial charge in [0.05, 0.1) is 27.1 Å². The number of nitrogens with one attached hydrogen (secondary N) is 1. The van der Waals surface area contributed by atoms with E-state index in [0.29, 0.717) is 24.4 Å². The molecule has 1 heterocycles. The third kappa shape index (κ3) is 3.33. The number of rotatable bonds is 4. The highest BCUT2D eigenvalue weighted by molar-refractivity contribution is 7.18. The molecule has 3 rings (SSSR count). The van der Waals surface area contributed by atoms with E-state index < -0.39 is 17.8 Å². The Hall–Kier alpha value is -2.21. The first kappa shape index (κ1) is 16.6. The predicted molar refractivity (Wildman–Crippen MR) is 95.3 cm³/mol. The molecule has 0 saturated heterocycles. The number of amides is 1. The van der Waals surface area contributed by atoms with Crippen LogP contribution in [0.4, 0.5) is 5.69 Å². The van der Waals surface area contributed by atoms with Gasteiger partial charge in [-0.25, -0.2) is 4.98 Å². The molecule has 1 aromatic heterocycles. The number of benzene rings is 1. The minimum Gasteiger partial charge on any atom is -0.481 e. The number of hydrogen-bond acceptors (Lipinski definition) is 4. The van der Waals surface area contributed by atoms with Gasteiger partial charge in [0.1, 0.15) is 0 Å². The number of nitrogens with zero attached hydrogens (tertiary/aromatic N) is 1. The molecule has 1 aliphatic carbocycles. The Bertz CT molecular complexity index is 810. The second kappa shape index (κ2) is 6.73. The maximum atomic E-state index is 12.5. The zero-order valence-electron chi connectivity index (χ0n) is 13.7. The van der Waals surface area contributed by atoms with Crippen LogP contribution >= 0.6 is 11.3 Å². The van der Waals surface area contributed by atoms with Crippen LogP contribution in [0, 0.1) is 11.8 Å². The first-order valence-electron chi connectivity index (χ1n) is 8.05. The molecular formula is C18H20N2O3S. The largest absolute Gasteiger partial charge is 0.481 e. The lowest BCUT2D eigenvalue weighted by atomic mass is 9.82. The van der Waals surface area contributed by atoms with Gasteiger partial charge in [-0.2, -0.15) is 0 Å². The molecule has 0 bridgehead atoms. The Morgan fingerprint density at radius 2 is 1.96 bits per heavy atom. The fourth-order valence-electron chi connectivity index (χ4n) is 2.88. The molecule has 5 nitrogen and oxygen atoms in total. The van der Waals surface area contributed by atoms with Crippen LogP contribution in [0.1, 0.15) is 37.6 Å². The molecule has 1 aliphatic rings. The molecule has 1 aromatic carbocycles. The van der Waals surface area contributed by atoms with Gasteiger partial charge in [0.25, 0.3) is 0 Å². The molecular weight excluding hydrogens is 324 g/mol. The van der Waals surface area contributed by atoms with Gasteiger partial charge in [-0.3, -0.25) is 9.59 Å². The zero-order valence-corrected chi connectivity index (χ0v) is 14.5. The van der Waals surface area contributed by atoms with Crippen molar-refractivity contribution in [3.05, 3.63) is 35.4 Å². The molecule has 0 aliphatic heterocycles. The van der Waals surface area contributed by atoms with Gasteiger partial charge in [-0.05, 0) is 31.0 Å². The quantitative estimate of drug-likeness (QED) is 0.821. The Labute approximate surface area is 144 Å². The summed E-state index contributed by atoms with van der Waals surface area (Å²) in [6.07, 6.45) is 4.58. The van der Waals surface area contributed by atoms with Crippen molar-refractivity contribution < 1.29 is 14.7 Å². The Balaban J connectivity index is 1.79. The number of carbonyl (C=O) groups is 2. The van der Waals surface area contributed by atoms with E-state index in [0.717, 1.165) is 15.2 Å². The van der Waals surface area contributed by atoms with Gasteiger partial charge in [-0.15, -0.1) is 11.3 Å². The highest BCUT2D eigenvalue weighted by Crippen LogP contribution is 2.31. The monoisotopic (exact) mass is 344 g/mol. The van der Waals surface area contributed by atoms with Crippen LogP contribution in [0.25, 0.3) is 10.2 Å². The van der Waals surface area contributed by atoms with Crippen molar-refractivity contribution in [2.24, 2.45) is 11.8 Å². The molecule has 0 saturated carbocycles. The van der Waals surface area contributed by atoms with Crippen molar-refractivity contribution in [2.75, 3.05) is 5.32 Å². The number of carbonyl (C=O) groups excluding carboxylic acids is 1. The molecule has 24 heavy (non-hydrogen) atoms. The molecule has 0 spiro atoms. The summed E-state index contributed by atoms with van der Waals surface area (Å²) in [5, 5.41) is 13.2. The molecule has 0 radical (unpaired) electrons. The molecule has 0 unspecified atom stereocenters.